The quantitative estimate of drug-likeness (QED) is 0.861. The molecule has 2 aromatic heterocycles. The van der Waals surface area contributed by atoms with Crippen molar-refractivity contribution in [1.29, 1.82) is 0 Å². The second-order valence-electron chi connectivity index (χ2n) is 3.15. The van der Waals surface area contributed by atoms with Crippen molar-refractivity contribution in [3.63, 3.8) is 0 Å². The molecule has 2 N–H and O–H groups in total. The Kier molecular flexibility index (Phi) is 3.32. The van der Waals surface area contributed by atoms with Gasteiger partial charge >= 0.3 is 0 Å². The lowest BCUT2D eigenvalue weighted by Crippen LogP contribution is -1.96. The molecule has 2 rings (SSSR count). The molecule has 0 atom stereocenters. The third kappa shape index (κ3) is 3.04. The summed E-state index contributed by atoms with van der Waals surface area (Å²) in [6.07, 6.45) is 1.69. The van der Waals surface area contributed by atoms with Gasteiger partial charge in [0.05, 0.1) is 18.9 Å². The number of thiophene rings is 1. The van der Waals surface area contributed by atoms with Gasteiger partial charge in [0.2, 0.25) is 0 Å². The van der Waals surface area contributed by atoms with E-state index in [0.29, 0.717) is 13.2 Å². The molecule has 0 aliphatic carbocycles. The third-order valence-electron chi connectivity index (χ3n) is 1.91. The summed E-state index contributed by atoms with van der Waals surface area (Å²) in [5.74, 6) is 0. The van der Waals surface area contributed by atoms with E-state index in [-0.39, 0.29) is 0 Å². The smallest absolute Gasteiger partial charge is 0.0893 e. The first-order valence-corrected chi connectivity index (χ1v) is 5.53. The zero-order valence-electron chi connectivity index (χ0n) is 8.22. The summed E-state index contributed by atoms with van der Waals surface area (Å²) >= 11 is 1.69. The summed E-state index contributed by atoms with van der Waals surface area (Å²) in [7, 11) is 0. The van der Waals surface area contributed by atoms with Crippen molar-refractivity contribution in [1.82, 2.24) is 4.98 Å². The lowest BCUT2D eigenvalue weighted by molar-refractivity contribution is 0.106. The second kappa shape index (κ2) is 4.91. The standard InChI is InChI=1S/C11H12N2OS/c12-9-3-4-13-10(6-9)7-14-8-11-2-1-5-15-11/h1-6H,7-8H2,(H2,12,13). The van der Waals surface area contributed by atoms with E-state index in [1.54, 1.807) is 23.6 Å². The fourth-order valence-electron chi connectivity index (χ4n) is 1.23. The van der Waals surface area contributed by atoms with Crippen LogP contribution in [0.5, 0.6) is 0 Å². The number of anilines is 1. The maximum atomic E-state index is 5.63. The van der Waals surface area contributed by atoms with Gasteiger partial charge in [-0.15, -0.1) is 11.3 Å². The SMILES string of the molecule is Nc1ccnc(COCc2cccs2)c1. The number of hydrogen-bond donors (Lipinski definition) is 1. The predicted octanol–water partition coefficient (Wildman–Crippen LogP) is 2.44. The van der Waals surface area contributed by atoms with Gasteiger partial charge in [-0.25, -0.2) is 0 Å². The summed E-state index contributed by atoms with van der Waals surface area (Å²) in [5, 5.41) is 2.04. The zero-order chi connectivity index (χ0) is 10.5. The highest BCUT2D eigenvalue weighted by atomic mass is 32.1. The molecule has 0 bridgehead atoms. The Labute approximate surface area is 92.5 Å². The molecular formula is C11H12N2OS. The van der Waals surface area contributed by atoms with Gasteiger partial charge in [-0.2, -0.15) is 0 Å². The molecule has 2 aromatic rings. The highest BCUT2D eigenvalue weighted by Gasteiger charge is 1.97. The average Bonchev–Trinajstić information content (AvgIpc) is 2.71. The van der Waals surface area contributed by atoms with Gasteiger partial charge in [-0.3, -0.25) is 4.98 Å². The Morgan fingerprint density at radius 1 is 1.33 bits per heavy atom. The van der Waals surface area contributed by atoms with Crippen LogP contribution in [0.15, 0.2) is 35.8 Å². The van der Waals surface area contributed by atoms with Gasteiger partial charge in [0.15, 0.2) is 0 Å². The van der Waals surface area contributed by atoms with E-state index in [0.717, 1.165) is 11.4 Å². The topological polar surface area (TPSA) is 48.1 Å². The first-order valence-electron chi connectivity index (χ1n) is 4.65. The molecule has 4 heteroatoms. The van der Waals surface area contributed by atoms with Gasteiger partial charge < -0.3 is 10.5 Å². The monoisotopic (exact) mass is 220 g/mol. The van der Waals surface area contributed by atoms with Crippen molar-refractivity contribution >= 4 is 17.0 Å². The summed E-state index contributed by atoms with van der Waals surface area (Å²) < 4.78 is 5.51. The van der Waals surface area contributed by atoms with Crippen LogP contribution in [0, 0.1) is 0 Å². The largest absolute Gasteiger partial charge is 0.399 e. The minimum Gasteiger partial charge on any atom is -0.399 e. The van der Waals surface area contributed by atoms with Crippen LogP contribution in [0.4, 0.5) is 5.69 Å². The van der Waals surface area contributed by atoms with Crippen molar-refractivity contribution in [3.8, 4) is 0 Å². The number of ether oxygens (including phenoxy) is 1. The van der Waals surface area contributed by atoms with Crippen molar-refractivity contribution in [2.75, 3.05) is 5.73 Å². The second-order valence-corrected chi connectivity index (χ2v) is 4.18. The van der Waals surface area contributed by atoms with Crippen molar-refractivity contribution in [2.45, 2.75) is 13.2 Å². The molecule has 15 heavy (non-hydrogen) atoms. The first-order chi connectivity index (χ1) is 7.34. The maximum absolute atomic E-state index is 5.63. The summed E-state index contributed by atoms with van der Waals surface area (Å²) in [5.41, 5.74) is 7.22. The predicted molar refractivity (Wildman–Crippen MR) is 61.5 cm³/mol. The molecular weight excluding hydrogens is 208 g/mol. The summed E-state index contributed by atoms with van der Waals surface area (Å²) in [6.45, 7) is 1.14. The molecule has 0 amide bonds. The molecule has 0 radical (unpaired) electrons. The Balaban J connectivity index is 1.83. The molecule has 0 spiro atoms. The molecule has 0 unspecified atom stereocenters. The Hall–Kier alpha value is -1.39. The number of nitrogens with two attached hydrogens (primary N) is 1. The van der Waals surface area contributed by atoms with Crippen molar-refractivity contribution in [2.24, 2.45) is 0 Å². The first kappa shape index (κ1) is 10.1. The minimum atomic E-state index is 0.503. The van der Waals surface area contributed by atoms with Crippen LogP contribution in [0.3, 0.4) is 0 Å². The number of rotatable bonds is 4. The molecule has 78 valence electrons. The van der Waals surface area contributed by atoms with Crippen LogP contribution in [-0.4, -0.2) is 4.98 Å². The Morgan fingerprint density at radius 3 is 3.00 bits per heavy atom. The van der Waals surface area contributed by atoms with Crippen LogP contribution < -0.4 is 5.73 Å². The van der Waals surface area contributed by atoms with E-state index < -0.39 is 0 Å². The summed E-state index contributed by atoms with van der Waals surface area (Å²) in [6, 6.07) is 7.66. The van der Waals surface area contributed by atoms with Crippen LogP contribution in [0.1, 0.15) is 10.6 Å². The number of hydrogen-bond acceptors (Lipinski definition) is 4. The van der Waals surface area contributed by atoms with Gasteiger partial charge in [0.25, 0.3) is 0 Å². The fraction of sp³-hybridized carbons (Fsp3) is 0.182. The third-order valence-corrected chi connectivity index (χ3v) is 2.76. The van der Waals surface area contributed by atoms with Crippen molar-refractivity contribution in [3.05, 3.63) is 46.4 Å². The normalized spacial score (nSPS) is 10.4. The molecule has 0 fully saturated rings. The number of aromatic nitrogens is 1. The van der Waals surface area contributed by atoms with Crippen LogP contribution in [0.2, 0.25) is 0 Å². The van der Waals surface area contributed by atoms with Crippen LogP contribution >= 0.6 is 11.3 Å². The van der Waals surface area contributed by atoms with Gasteiger partial charge in [0, 0.05) is 16.8 Å². The van der Waals surface area contributed by atoms with E-state index >= 15 is 0 Å². The Morgan fingerprint density at radius 2 is 2.27 bits per heavy atom. The summed E-state index contributed by atoms with van der Waals surface area (Å²) in [4.78, 5) is 5.38. The average molecular weight is 220 g/mol. The Bertz CT molecular complexity index is 414. The zero-order valence-corrected chi connectivity index (χ0v) is 9.04. The van der Waals surface area contributed by atoms with E-state index in [1.807, 2.05) is 17.5 Å². The van der Waals surface area contributed by atoms with E-state index in [2.05, 4.69) is 11.1 Å². The fourth-order valence-corrected chi connectivity index (χ4v) is 1.87. The number of nitrogens with zero attached hydrogens (tertiary/aromatic N) is 1. The van der Waals surface area contributed by atoms with Gasteiger partial charge in [-0.05, 0) is 23.6 Å². The maximum Gasteiger partial charge on any atom is 0.0893 e. The molecule has 0 aromatic carbocycles. The number of nitrogen functional groups attached to an aromatic ring is 1. The van der Waals surface area contributed by atoms with Gasteiger partial charge in [0.1, 0.15) is 0 Å². The minimum absolute atomic E-state index is 0.503. The molecule has 3 nitrogen and oxygen atoms in total. The highest BCUT2D eigenvalue weighted by molar-refractivity contribution is 7.09. The van der Waals surface area contributed by atoms with Gasteiger partial charge in [-0.1, -0.05) is 6.07 Å². The lowest BCUT2D eigenvalue weighted by Gasteiger charge is -2.02. The highest BCUT2D eigenvalue weighted by Crippen LogP contribution is 2.11. The molecule has 0 aliphatic rings. The molecule has 2 heterocycles. The van der Waals surface area contributed by atoms with E-state index in [1.165, 1.54) is 4.88 Å². The lowest BCUT2D eigenvalue weighted by atomic mass is 10.3. The van der Waals surface area contributed by atoms with E-state index in [4.69, 9.17) is 10.5 Å². The molecule has 0 saturated heterocycles. The molecule has 0 saturated carbocycles. The van der Waals surface area contributed by atoms with Crippen LogP contribution in [0.25, 0.3) is 0 Å². The van der Waals surface area contributed by atoms with Crippen LogP contribution in [-0.2, 0) is 18.0 Å². The van der Waals surface area contributed by atoms with E-state index in [9.17, 15) is 0 Å². The molecule has 0 aliphatic heterocycles. The number of pyridine rings is 1. The van der Waals surface area contributed by atoms with Crippen molar-refractivity contribution < 1.29 is 4.74 Å².